The van der Waals surface area contributed by atoms with E-state index in [-0.39, 0.29) is 51.5 Å². The molecule has 3 fully saturated rings. The number of rotatable bonds is 20. The van der Waals surface area contributed by atoms with Crippen LogP contribution < -0.4 is 25.6 Å². The fraction of sp³-hybridized carbons (Fsp3) is 0.493. The van der Waals surface area contributed by atoms with Crippen LogP contribution in [0.3, 0.4) is 0 Å². The minimum atomic E-state index is -2.41. The Morgan fingerprint density at radius 3 is 2.15 bits per heavy atom. The predicted molar refractivity (Wildman–Crippen MR) is 342 cm³/mol. The number of aromatic amines is 1. The summed E-state index contributed by atoms with van der Waals surface area (Å²) in [5, 5.41) is 23.5. The summed E-state index contributed by atoms with van der Waals surface area (Å²) in [6.45, 7) is 8.30. The fourth-order valence-electron chi connectivity index (χ4n) is 16.5. The lowest BCUT2D eigenvalue weighted by Crippen LogP contribution is -2.81. The first-order valence-electron chi connectivity index (χ1n) is 32.4. The summed E-state index contributed by atoms with van der Waals surface area (Å²) in [7, 11) is 5.88. The highest BCUT2D eigenvalue weighted by Gasteiger charge is 2.80. The number of hydrogen-bond donors (Lipinski definition) is 5. The molecule has 1 saturated carbocycles. The van der Waals surface area contributed by atoms with E-state index in [1.165, 1.54) is 28.3 Å². The first kappa shape index (κ1) is 65.9. The van der Waals surface area contributed by atoms with E-state index in [0.29, 0.717) is 84.5 Å². The van der Waals surface area contributed by atoms with Gasteiger partial charge in [0.2, 0.25) is 23.3 Å². The monoisotopic (exact) mass is 1280 g/mol. The van der Waals surface area contributed by atoms with Crippen LogP contribution in [0.15, 0.2) is 109 Å². The Bertz CT molecular complexity index is 3710. The molecule has 1 aliphatic carbocycles. The molecule has 93 heavy (non-hydrogen) atoms. The zero-order valence-corrected chi connectivity index (χ0v) is 54.1. The number of methoxy groups -OCH3 is 3. The molecule has 0 radical (unpaired) electrons. The number of anilines is 1. The number of esters is 5. The molecule has 5 N–H and O–H groups in total. The smallest absolute Gasteiger partial charge is 0.344 e. The highest BCUT2D eigenvalue weighted by atomic mass is 16.6. The summed E-state index contributed by atoms with van der Waals surface area (Å²) in [6.07, 6.45) is 4.65. The number of para-hydroxylation sites is 1. The number of likely N-dealkylation sites (tertiary alicyclic amines) is 1. The molecule has 22 heteroatoms. The second-order valence-corrected chi connectivity index (χ2v) is 25.7. The van der Waals surface area contributed by atoms with Gasteiger partial charge in [-0.3, -0.25) is 33.7 Å². The number of carbonyl (C=O) groups excluding carboxylic acids is 8. The molecule has 2 saturated heterocycles. The topological polar surface area (TPSA) is 274 Å². The third-order valence-electron chi connectivity index (χ3n) is 20.9. The van der Waals surface area contributed by atoms with Gasteiger partial charge in [-0.05, 0) is 98.3 Å². The highest BCUT2D eigenvalue weighted by Crippen LogP contribution is 2.68. The summed E-state index contributed by atoms with van der Waals surface area (Å²) in [6, 6.07) is 23.4. The van der Waals surface area contributed by atoms with Crippen molar-refractivity contribution in [3.8, 4) is 5.75 Å². The number of H-pyrrole nitrogens is 1. The first-order chi connectivity index (χ1) is 44.8. The largest absolute Gasteiger partial charge is 0.496 e. The van der Waals surface area contributed by atoms with Crippen molar-refractivity contribution in [2.24, 2.45) is 11.3 Å². The van der Waals surface area contributed by atoms with Gasteiger partial charge in [-0.2, -0.15) is 0 Å². The molecule has 1 spiro atoms. The summed E-state index contributed by atoms with van der Waals surface area (Å²) in [5.74, 6) is -5.66. The zero-order chi connectivity index (χ0) is 66.1. The van der Waals surface area contributed by atoms with Crippen LogP contribution in [-0.2, 0) is 92.5 Å². The number of ether oxygens (including phenoxy) is 6. The number of nitrogens with one attached hydrogen (secondary N) is 4. The van der Waals surface area contributed by atoms with Crippen LogP contribution in [-0.4, -0.2) is 170 Å². The van der Waals surface area contributed by atoms with E-state index in [2.05, 4.69) is 25.8 Å². The third kappa shape index (κ3) is 11.4. The maximum Gasteiger partial charge on any atom is 0.344 e. The first-order valence-corrected chi connectivity index (χ1v) is 32.4. The number of hydrogen-bond acceptors (Lipinski definition) is 18. The minimum absolute atomic E-state index is 0.0449. The van der Waals surface area contributed by atoms with Crippen molar-refractivity contribution < 1.29 is 71.9 Å². The molecule has 494 valence electrons. The Kier molecular flexibility index (Phi) is 19.0. The van der Waals surface area contributed by atoms with Crippen LogP contribution in [0.5, 0.6) is 5.75 Å². The summed E-state index contributed by atoms with van der Waals surface area (Å²) in [5.41, 5.74) is -1.12. The normalized spacial score (nSPS) is 27.1. The second-order valence-electron chi connectivity index (χ2n) is 25.7. The SMILES string of the molecule is CC[C@H](C)[C@H](NC(=O)[C@@H]1CCCN1C(=O)[C@@H]1Cc2c([nH]c3ccccc23)[C@@](C(=O)OC)(c2cc3c(cc2OC)N(C)[C@H]2[C@@](O)(C(=O)OC)[C@H](OC(C)=O)[C@]4(CC)C=CCN5CC[C@]32[C@@H]54)CCCN1)C(=O)N[C@@H](CC(=O)OCc1ccccc1)C(=O)OCc1ccccc1. The van der Waals surface area contributed by atoms with Crippen LogP contribution in [0, 0.1) is 11.3 Å². The van der Waals surface area contributed by atoms with Crippen molar-refractivity contribution in [1.29, 1.82) is 0 Å². The van der Waals surface area contributed by atoms with E-state index in [9.17, 15) is 33.9 Å². The van der Waals surface area contributed by atoms with Crippen LogP contribution in [0.25, 0.3) is 10.9 Å². The number of benzene rings is 4. The molecule has 6 heterocycles. The van der Waals surface area contributed by atoms with Crippen molar-refractivity contribution in [3.63, 3.8) is 0 Å². The maximum absolute atomic E-state index is 15.6. The molecule has 4 aromatic carbocycles. The second kappa shape index (κ2) is 26.8. The Morgan fingerprint density at radius 2 is 1.48 bits per heavy atom. The van der Waals surface area contributed by atoms with Gasteiger partial charge in [0.1, 0.15) is 42.5 Å². The number of fused-ring (bicyclic) bond motifs is 4. The Morgan fingerprint density at radius 1 is 0.796 bits per heavy atom. The molecule has 12 atom stereocenters. The molecular weight excluding hydrogens is 1190 g/mol. The summed E-state index contributed by atoms with van der Waals surface area (Å²) in [4.78, 5) is 125. The molecule has 5 aromatic rings. The number of aliphatic hydroxyl groups is 1. The molecule has 11 rings (SSSR count). The average Bonchev–Trinajstić information content (AvgIpc) is 1.52. The summed E-state index contributed by atoms with van der Waals surface area (Å²) >= 11 is 0. The van der Waals surface area contributed by atoms with E-state index in [0.717, 1.165) is 16.5 Å². The fourth-order valence-corrected chi connectivity index (χ4v) is 16.5. The zero-order valence-electron chi connectivity index (χ0n) is 54.1. The molecule has 22 nitrogen and oxygen atoms in total. The number of likely N-dealkylation sites (N-methyl/N-ethyl adjacent to an activating group) is 1. The van der Waals surface area contributed by atoms with Gasteiger partial charge >= 0.3 is 29.8 Å². The van der Waals surface area contributed by atoms with Gasteiger partial charge in [0.05, 0.1) is 39.8 Å². The molecule has 5 aliphatic heterocycles. The van der Waals surface area contributed by atoms with Gasteiger partial charge in [0.25, 0.3) is 0 Å². The molecule has 6 aliphatic rings. The minimum Gasteiger partial charge on any atom is -0.496 e. The van der Waals surface area contributed by atoms with E-state index in [4.69, 9.17) is 28.4 Å². The van der Waals surface area contributed by atoms with Gasteiger partial charge in [0, 0.05) is 77.8 Å². The van der Waals surface area contributed by atoms with Gasteiger partial charge in [-0.15, -0.1) is 0 Å². The van der Waals surface area contributed by atoms with Crippen molar-refractivity contribution in [2.75, 3.05) is 59.5 Å². The van der Waals surface area contributed by atoms with E-state index in [1.54, 1.807) is 67.4 Å². The molecule has 3 amide bonds. The van der Waals surface area contributed by atoms with Crippen molar-refractivity contribution in [2.45, 2.75) is 157 Å². The maximum atomic E-state index is 15.6. The van der Waals surface area contributed by atoms with Gasteiger partial charge in [0.15, 0.2) is 6.10 Å². The standard InChI is InChI=1S/C71H85N7O15/c1-9-42(3)57(60(82)74-52(62(84)92-41-45-24-15-12-16-25-45)38-56(80)91-40-44-22-13-11-14-23-44)75-59(81)53-28-19-34-78(53)61(83)51-36-47-46-26-17-18-27-50(46)73-58(47)69(66(85)89-7,30-20-32-72-51)49-37-48-54(39-55(49)88-6)76(5)64-70(48)31-35-77-33-21-29-68(10-2,63(70)77)65(93-43(4)79)71(64,87)67(86)90-8/h11-18,21-27,29,37,39,42,51-53,57,63-65,72-73,87H,9-10,19-20,28,30-36,38,40-41H2,1-8H3,(H,74,82)(H,75,81)/t42-,51-,52-,53-,57-,63-,64+,65+,68+,69-,70+,71-/m0/s1. The summed E-state index contributed by atoms with van der Waals surface area (Å²) < 4.78 is 35.2. The molecule has 1 aromatic heterocycles. The number of carbonyl (C=O) groups is 8. The predicted octanol–water partition coefficient (Wildman–Crippen LogP) is 5.76. The number of aromatic nitrogens is 1. The van der Waals surface area contributed by atoms with Crippen LogP contribution >= 0.6 is 0 Å². The Labute approximate surface area is 541 Å². The molecule has 0 bridgehead atoms. The lowest BCUT2D eigenvalue weighted by Gasteiger charge is -2.63. The Hall–Kier alpha value is -8.60. The van der Waals surface area contributed by atoms with E-state index in [1.807, 2.05) is 79.4 Å². The van der Waals surface area contributed by atoms with Crippen molar-refractivity contribution in [3.05, 3.63) is 143 Å². The lowest BCUT2D eigenvalue weighted by atomic mass is 9.47. The van der Waals surface area contributed by atoms with Crippen molar-refractivity contribution >= 4 is 64.2 Å². The molecule has 0 unspecified atom stereocenters. The van der Waals surface area contributed by atoms with Crippen LogP contribution in [0.1, 0.15) is 113 Å². The number of nitrogens with zero attached hydrogens (tertiary/aromatic N) is 3. The van der Waals surface area contributed by atoms with Crippen LogP contribution in [0.2, 0.25) is 0 Å². The van der Waals surface area contributed by atoms with E-state index < -0.39 is 118 Å². The quantitative estimate of drug-likeness (QED) is 0.0352. The van der Waals surface area contributed by atoms with Crippen molar-refractivity contribution in [1.82, 2.24) is 30.7 Å². The van der Waals surface area contributed by atoms with Gasteiger partial charge < -0.3 is 64.3 Å². The van der Waals surface area contributed by atoms with Gasteiger partial charge in [-0.25, -0.2) is 9.59 Å². The number of amides is 3. The van der Waals surface area contributed by atoms with E-state index >= 15 is 9.59 Å². The lowest BCUT2D eigenvalue weighted by molar-refractivity contribution is -0.228. The highest BCUT2D eigenvalue weighted by molar-refractivity contribution is 5.98. The Balaban J connectivity index is 0.920. The molecular formula is C71H85N7O15. The van der Waals surface area contributed by atoms with Gasteiger partial charge in [-0.1, -0.05) is 118 Å². The third-order valence-corrected chi connectivity index (χ3v) is 20.9. The van der Waals surface area contributed by atoms with Crippen LogP contribution in [0.4, 0.5) is 5.69 Å². The average molecular weight is 1280 g/mol.